The Kier molecular flexibility index (Phi) is 6.27. The zero-order valence-corrected chi connectivity index (χ0v) is 14.4. The highest BCUT2D eigenvalue weighted by Gasteiger charge is 2.36. The molecule has 0 aromatic carbocycles. The lowest BCUT2D eigenvalue weighted by Gasteiger charge is -2.08. The van der Waals surface area contributed by atoms with Crippen LogP contribution in [0.1, 0.15) is 17.0 Å². The summed E-state index contributed by atoms with van der Waals surface area (Å²) in [6, 6.07) is 1.57. The van der Waals surface area contributed by atoms with Crippen LogP contribution >= 0.6 is 0 Å². The summed E-state index contributed by atoms with van der Waals surface area (Å²) in [5.74, 6) is -0.756. The van der Waals surface area contributed by atoms with Crippen LogP contribution in [-0.4, -0.2) is 29.9 Å². The van der Waals surface area contributed by atoms with Gasteiger partial charge in [0, 0.05) is 24.7 Å². The van der Waals surface area contributed by atoms with Gasteiger partial charge in [-0.2, -0.15) is 49.7 Å². The smallest absolute Gasteiger partial charge is 0.285 e. The molecule has 0 saturated heterocycles. The second kappa shape index (κ2) is 8.23. The summed E-state index contributed by atoms with van der Waals surface area (Å²) in [5, 5.41) is 18.8. The van der Waals surface area contributed by atoms with Gasteiger partial charge in [-0.05, 0) is 12.1 Å². The van der Waals surface area contributed by atoms with E-state index in [1.165, 1.54) is 0 Å². The number of nitrogens with one attached hydrogen (secondary N) is 1. The van der Waals surface area contributed by atoms with Crippen molar-refractivity contribution in [3.05, 3.63) is 63.9 Å². The maximum absolute atomic E-state index is 12.5. The van der Waals surface area contributed by atoms with Crippen LogP contribution in [0.2, 0.25) is 0 Å². The molecule has 31 heavy (non-hydrogen) atoms. The Morgan fingerprint density at radius 3 is 1.94 bits per heavy atom. The molecule has 0 fully saturated rings. The molecule has 0 unspecified atom stereocenters. The second-order valence-corrected chi connectivity index (χ2v) is 5.42. The van der Waals surface area contributed by atoms with E-state index in [-0.39, 0.29) is 12.3 Å². The van der Waals surface area contributed by atoms with Crippen LogP contribution in [0.3, 0.4) is 0 Å². The average molecular weight is 462 g/mol. The molecule has 3 aromatic heterocycles. The fourth-order valence-corrected chi connectivity index (χ4v) is 1.92. The van der Waals surface area contributed by atoms with Gasteiger partial charge in [0.15, 0.2) is 11.4 Å². The highest BCUT2D eigenvalue weighted by atomic mass is 19.4. The predicted molar refractivity (Wildman–Crippen MR) is 81.6 cm³/mol. The lowest BCUT2D eigenvalue weighted by atomic mass is 10.2. The van der Waals surface area contributed by atoms with Crippen LogP contribution in [0.15, 0.2) is 36.8 Å². The summed E-state index contributed by atoms with van der Waals surface area (Å²) in [6.45, 7) is 0. The zero-order valence-electron chi connectivity index (χ0n) is 14.4. The van der Waals surface area contributed by atoms with Crippen LogP contribution in [0.5, 0.6) is 0 Å². The lowest BCUT2D eigenvalue weighted by Crippen LogP contribution is -2.11. The van der Waals surface area contributed by atoms with E-state index in [2.05, 4.69) is 20.3 Å². The van der Waals surface area contributed by atoms with E-state index in [0.717, 1.165) is 12.3 Å². The number of aromatic amines is 1. The topological polar surface area (TPSA) is 103 Å². The van der Waals surface area contributed by atoms with Crippen molar-refractivity contribution in [1.29, 1.82) is 0 Å². The third-order valence-electron chi connectivity index (χ3n) is 3.26. The van der Waals surface area contributed by atoms with Gasteiger partial charge in [0.2, 0.25) is 5.82 Å². The van der Waals surface area contributed by atoms with Gasteiger partial charge >= 0.3 is 24.2 Å². The molecule has 1 N–H and O–H groups in total. The van der Waals surface area contributed by atoms with E-state index in [0.29, 0.717) is 16.9 Å². The number of aromatic nitrogens is 5. The molecule has 0 bridgehead atoms. The molecule has 3 aromatic rings. The summed E-state index contributed by atoms with van der Waals surface area (Å²) in [6.07, 6.45) is -11.9. The highest BCUT2D eigenvalue weighted by Crippen LogP contribution is 2.33. The van der Waals surface area contributed by atoms with Gasteiger partial charge in [-0.1, -0.05) is 0 Å². The minimum absolute atomic E-state index is 0.178. The molecule has 8 nitrogen and oxygen atoms in total. The molecule has 0 atom stereocenters. The summed E-state index contributed by atoms with van der Waals surface area (Å²) < 4.78 is 110. The molecule has 0 radical (unpaired) electrons. The maximum atomic E-state index is 12.5. The van der Waals surface area contributed by atoms with Crippen molar-refractivity contribution < 1.29 is 44.4 Å². The molecule has 168 valence electrons. The number of hydrogen-bond donors (Lipinski definition) is 1. The normalized spacial score (nSPS) is 12.3. The van der Waals surface area contributed by atoms with Gasteiger partial charge in [-0.25, -0.2) is 9.67 Å². The third-order valence-corrected chi connectivity index (χ3v) is 3.26. The van der Waals surface area contributed by atoms with Gasteiger partial charge in [0.1, 0.15) is 0 Å². The van der Waals surface area contributed by atoms with Crippen LogP contribution in [-0.2, 0) is 18.5 Å². The van der Waals surface area contributed by atoms with Crippen LogP contribution in [0.4, 0.5) is 45.2 Å². The number of halogens is 9. The summed E-state index contributed by atoms with van der Waals surface area (Å²) in [4.78, 5) is 12.8. The number of hydrogen-bond acceptors (Lipinski definition) is 5. The fraction of sp³-hybridized carbons (Fsp3) is 0.214. The van der Waals surface area contributed by atoms with Gasteiger partial charge in [-0.15, -0.1) is 0 Å². The van der Waals surface area contributed by atoms with Crippen molar-refractivity contribution in [3.63, 3.8) is 0 Å². The van der Waals surface area contributed by atoms with E-state index in [4.69, 9.17) is 0 Å². The summed E-state index contributed by atoms with van der Waals surface area (Å²) >= 11 is 0. The number of nitrogens with zero attached hydrogens (tertiary/aromatic N) is 5. The van der Waals surface area contributed by atoms with Gasteiger partial charge < -0.3 is 0 Å². The first-order valence-electron chi connectivity index (χ1n) is 7.52. The van der Waals surface area contributed by atoms with Gasteiger partial charge in [-0.3, -0.25) is 15.2 Å². The van der Waals surface area contributed by atoms with E-state index in [1.807, 2.05) is 0 Å². The third kappa shape index (κ3) is 5.92. The molecule has 0 spiro atoms. The first-order chi connectivity index (χ1) is 14.1. The number of H-pyrrole nitrogens is 1. The molecular formula is C14H7F9N6O2. The molecule has 3 rings (SSSR count). The van der Waals surface area contributed by atoms with Crippen LogP contribution in [0, 0.1) is 10.1 Å². The molecule has 3 heterocycles. The Bertz CT molecular complexity index is 1040. The van der Waals surface area contributed by atoms with Gasteiger partial charge in [0.25, 0.3) is 0 Å². The molecule has 0 aliphatic rings. The van der Waals surface area contributed by atoms with Crippen molar-refractivity contribution in [3.8, 4) is 5.82 Å². The SMILES string of the molecule is FC(F)(F)c1cc[nH]n1.O=[N+]([O-])c1cc(C(F)(F)F)cnc1-n1ccc(C(F)(F)F)n1. The van der Waals surface area contributed by atoms with Gasteiger partial charge in [0.05, 0.1) is 10.5 Å². The van der Waals surface area contributed by atoms with Crippen molar-refractivity contribution in [2.45, 2.75) is 18.5 Å². The Labute approximate surface area is 164 Å². The highest BCUT2D eigenvalue weighted by molar-refractivity contribution is 5.48. The number of alkyl halides is 9. The first-order valence-corrected chi connectivity index (χ1v) is 7.52. The fourth-order valence-electron chi connectivity index (χ4n) is 1.92. The Balaban J connectivity index is 0.000000316. The average Bonchev–Trinajstić information content (AvgIpc) is 3.32. The van der Waals surface area contributed by atoms with Crippen LogP contribution < -0.4 is 0 Å². The van der Waals surface area contributed by atoms with Crippen molar-refractivity contribution >= 4 is 5.69 Å². The molecular weight excluding hydrogens is 455 g/mol. The lowest BCUT2D eigenvalue weighted by molar-refractivity contribution is -0.385. The molecule has 0 aliphatic carbocycles. The van der Waals surface area contributed by atoms with E-state index >= 15 is 0 Å². The minimum Gasteiger partial charge on any atom is -0.285 e. The van der Waals surface area contributed by atoms with E-state index < -0.39 is 51.9 Å². The first kappa shape index (κ1) is 23.6. The minimum atomic E-state index is -4.88. The summed E-state index contributed by atoms with van der Waals surface area (Å²) in [7, 11) is 0. The predicted octanol–water partition coefficient (Wildman–Crippen LogP) is 4.64. The standard InChI is InChI=1S/C10H4F6N4O2.C4H3F3N2/c11-9(12,13)5-3-6(20(21)22)8(17-4-5)19-2-1-7(18-19)10(14,15)16;5-4(6,7)3-1-2-8-9-3/h1-4H;1-2H,(H,8,9). The Morgan fingerprint density at radius 2 is 1.55 bits per heavy atom. The second-order valence-electron chi connectivity index (χ2n) is 5.42. The largest absolute Gasteiger partial charge is 0.435 e. The van der Waals surface area contributed by atoms with Crippen molar-refractivity contribution in [2.24, 2.45) is 0 Å². The van der Waals surface area contributed by atoms with Crippen LogP contribution in [0.25, 0.3) is 5.82 Å². The molecule has 0 amide bonds. The van der Waals surface area contributed by atoms with E-state index in [9.17, 15) is 49.6 Å². The summed E-state index contributed by atoms with van der Waals surface area (Å²) in [5.41, 5.74) is -4.76. The van der Waals surface area contributed by atoms with Crippen molar-refractivity contribution in [1.82, 2.24) is 25.0 Å². The zero-order chi connectivity index (χ0) is 23.6. The number of nitro groups is 1. The number of pyridine rings is 1. The monoisotopic (exact) mass is 462 g/mol. The van der Waals surface area contributed by atoms with Crippen molar-refractivity contribution in [2.75, 3.05) is 0 Å². The molecule has 0 aliphatic heterocycles. The quantitative estimate of drug-likeness (QED) is 0.340. The molecule has 17 heteroatoms. The van der Waals surface area contributed by atoms with E-state index in [1.54, 1.807) is 0 Å². The Morgan fingerprint density at radius 1 is 0.935 bits per heavy atom. The number of rotatable bonds is 2. The maximum Gasteiger partial charge on any atom is 0.435 e. The molecule has 0 saturated carbocycles. The Hall–Kier alpha value is -3.66.